The Morgan fingerprint density at radius 3 is 2.38 bits per heavy atom. The monoisotopic (exact) mass is 572 g/mol. The maximum Gasteiger partial charge on any atom is 0.291 e. The molecule has 3 amide bonds. The SMILES string of the molecule is COc1ccc(-c2cnc(C(=O)Nc3ccc(C(=O)N4CCN(C(=O)C5CNC5)CC4)c(Cl)c3)n2C)c(F)c1F. The van der Waals surface area contributed by atoms with Crippen molar-refractivity contribution in [3.05, 3.63) is 64.6 Å². The number of carbonyl (C=O) groups excluding carboxylic acids is 3. The van der Waals surface area contributed by atoms with Gasteiger partial charge < -0.3 is 29.7 Å². The number of imidazole rings is 1. The minimum Gasteiger partial charge on any atom is -0.494 e. The number of nitrogens with one attached hydrogen (secondary N) is 2. The third-order valence-electron chi connectivity index (χ3n) is 7.20. The third kappa shape index (κ3) is 5.11. The number of carbonyl (C=O) groups is 3. The number of aromatic nitrogens is 2. The van der Waals surface area contributed by atoms with Crippen molar-refractivity contribution in [3.63, 3.8) is 0 Å². The molecule has 10 nitrogen and oxygen atoms in total. The van der Waals surface area contributed by atoms with Gasteiger partial charge in [0.1, 0.15) is 0 Å². The van der Waals surface area contributed by atoms with Crippen molar-refractivity contribution in [1.29, 1.82) is 0 Å². The molecule has 2 fully saturated rings. The number of anilines is 1. The largest absolute Gasteiger partial charge is 0.494 e. The van der Waals surface area contributed by atoms with Gasteiger partial charge in [-0.1, -0.05) is 11.6 Å². The second-order valence-electron chi connectivity index (χ2n) is 9.59. The highest BCUT2D eigenvalue weighted by atomic mass is 35.5. The Hall–Kier alpha value is -4.03. The van der Waals surface area contributed by atoms with Crippen LogP contribution in [0.2, 0.25) is 5.02 Å². The van der Waals surface area contributed by atoms with E-state index in [4.69, 9.17) is 16.3 Å². The van der Waals surface area contributed by atoms with E-state index in [1.54, 1.807) is 15.9 Å². The fourth-order valence-electron chi connectivity index (χ4n) is 4.73. The van der Waals surface area contributed by atoms with Crippen LogP contribution in [0.5, 0.6) is 5.75 Å². The summed E-state index contributed by atoms with van der Waals surface area (Å²) in [4.78, 5) is 46.0. The Morgan fingerprint density at radius 1 is 1.05 bits per heavy atom. The molecule has 0 atom stereocenters. The number of nitrogens with zero attached hydrogens (tertiary/aromatic N) is 4. The van der Waals surface area contributed by atoms with Gasteiger partial charge in [0.15, 0.2) is 17.4 Å². The normalized spacial score (nSPS) is 15.5. The van der Waals surface area contributed by atoms with Crippen molar-refractivity contribution >= 4 is 35.0 Å². The minimum absolute atomic E-state index is 0.0170. The predicted molar refractivity (Wildman–Crippen MR) is 143 cm³/mol. The first-order chi connectivity index (χ1) is 19.2. The van der Waals surface area contributed by atoms with Gasteiger partial charge in [-0.15, -0.1) is 0 Å². The van der Waals surface area contributed by atoms with Crippen LogP contribution in [0.25, 0.3) is 11.3 Å². The molecule has 3 aromatic rings. The molecule has 0 radical (unpaired) electrons. The van der Waals surface area contributed by atoms with Gasteiger partial charge in [-0.3, -0.25) is 14.4 Å². The molecule has 1 aromatic heterocycles. The quantitative estimate of drug-likeness (QED) is 0.470. The molecule has 0 unspecified atom stereocenters. The summed E-state index contributed by atoms with van der Waals surface area (Å²) >= 11 is 6.41. The van der Waals surface area contributed by atoms with Crippen molar-refractivity contribution in [2.24, 2.45) is 13.0 Å². The zero-order chi connectivity index (χ0) is 28.6. The molecule has 2 N–H and O–H groups in total. The molecule has 5 rings (SSSR count). The molecular formula is C27H27ClF2N6O4. The lowest BCUT2D eigenvalue weighted by Crippen LogP contribution is -2.57. The predicted octanol–water partition coefficient (Wildman–Crippen LogP) is 2.78. The van der Waals surface area contributed by atoms with Crippen molar-refractivity contribution in [2.45, 2.75) is 0 Å². The van der Waals surface area contributed by atoms with Crippen LogP contribution in [-0.2, 0) is 11.8 Å². The Morgan fingerprint density at radius 2 is 1.75 bits per heavy atom. The first-order valence-electron chi connectivity index (χ1n) is 12.6. The van der Waals surface area contributed by atoms with E-state index in [-0.39, 0.29) is 51.1 Å². The van der Waals surface area contributed by atoms with Gasteiger partial charge >= 0.3 is 0 Å². The van der Waals surface area contributed by atoms with Crippen molar-refractivity contribution in [3.8, 4) is 17.0 Å². The maximum atomic E-state index is 14.6. The Bertz CT molecular complexity index is 1480. The lowest BCUT2D eigenvalue weighted by molar-refractivity contribution is -0.138. The molecule has 0 aliphatic carbocycles. The van der Waals surface area contributed by atoms with Gasteiger partial charge in [0.2, 0.25) is 11.7 Å². The number of amides is 3. The molecule has 0 saturated carbocycles. The van der Waals surface area contributed by atoms with Crippen LogP contribution in [0.1, 0.15) is 21.0 Å². The van der Waals surface area contributed by atoms with Gasteiger partial charge in [-0.2, -0.15) is 4.39 Å². The number of methoxy groups -OCH3 is 1. The molecule has 3 heterocycles. The summed E-state index contributed by atoms with van der Waals surface area (Å²) in [5.41, 5.74) is 0.707. The maximum absolute atomic E-state index is 14.6. The summed E-state index contributed by atoms with van der Waals surface area (Å²) in [5, 5.41) is 5.91. The summed E-state index contributed by atoms with van der Waals surface area (Å²) in [6.45, 7) is 3.12. The summed E-state index contributed by atoms with van der Waals surface area (Å²) in [6, 6.07) is 7.16. The highest BCUT2D eigenvalue weighted by Gasteiger charge is 2.32. The summed E-state index contributed by atoms with van der Waals surface area (Å²) < 4.78 is 34.9. The Balaban J connectivity index is 1.24. The van der Waals surface area contributed by atoms with E-state index < -0.39 is 17.5 Å². The molecule has 2 saturated heterocycles. The molecule has 2 aromatic carbocycles. The fourth-order valence-corrected chi connectivity index (χ4v) is 4.99. The first kappa shape index (κ1) is 27.5. The van der Waals surface area contributed by atoms with E-state index in [0.717, 1.165) is 0 Å². The van der Waals surface area contributed by atoms with Crippen LogP contribution in [0.4, 0.5) is 14.5 Å². The first-order valence-corrected chi connectivity index (χ1v) is 13.0. The third-order valence-corrected chi connectivity index (χ3v) is 7.51. The molecule has 2 aliphatic heterocycles. The average molecular weight is 573 g/mol. The standard InChI is InChI=1S/C27H27ClF2N6O4/c1-34-20(18-5-6-21(40-2)23(30)22(18)29)14-32-24(34)25(37)33-16-3-4-17(19(28)11-16)27(39)36-9-7-35(8-10-36)26(38)15-12-31-13-15/h3-6,11,14-15,31H,7-10,12-13H2,1-2H3,(H,33,37). The lowest BCUT2D eigenvalue weighted by Gasteiger charge is -2.38. The lowest BCUT2D eigenvalue weighted by atomic mass is 10.0. The number of benzene rings is 2. The molecule has 210 valence electrons. The number of rotatable bonds is 6. The second-order valence-corrected chi connectivity index (χ2v) is 10.00. The number of piperazine rings is 1. The highest BCUT2D eigenvalue weighted by molar-refractivity contribution is 6.34. The minimum atomic E-state index is -1.14. The topological polar surface area (TPSA) is 109 Å². The number of ether oxygens (including phenoxy) is 1. The van der Waals surface area contributed by atoms with E-state index in [1.807, 2.05) is 0 Å². The molecule has 0 spiro atoms. The van der Waals surface area contributed by atoms with Crippen LogP contribution in [0, 0.1) is 17.6 Å². The second kappa shape index (κ2) is 11.2. The summed E-state index contributed by atoms with van der Waals surface area (Å²) in [7, 11) is 2.74. The number of halogens is 3. The van der Waals surface area contributed by atoms with Gasteiger partial charge in [0, 0.05) is 57.6 Å². The van der Waals surface area contributed by atoms with Crippen molar-refractivity contribution in [2.75, 3.05) is 51.7 Å². The average Bonchev–Trinajstić information content (AvgIpc) is 3.30. The van der Waals surface area contributed by atoms with Crippen molar-refractivity contribution < 1.29 is 27.9 Å². The van der Waals surface area contributed by atoms with E-state index in [9.17, 15) is 23.2 Å². The zero-order valence-corrected chi connectivity index (χ0v) is 22.6. The van der Waals surface area contributed by atoms with E-state index in [2.05, 4.69) is 15.6 Å². The van der Waals surface area contributed by atoms with Crippen LogP contribution in [0.3, 0.4) is 0 Å². The molecule has 40 heavy (non-hydrogen) atoms. The Kier molecular flexibility index (Phi) is 7.72. The fraction of sp³-hybridized carbons (Fsp3) is 0.333. The summed E-state index contributed by atoms with van der Waals surface area (Å²) in [6.07, 6.45) is 1.27. The van der Waals surface area contributed by atoms with E-state index >= 15 is 0 Å². The summed E-state index contributed by atoms with van der Waals surface area (Å²) in [5.74, 6) is -3.29. The van der Waals surface area contributed by atoms with Gasteiger partial charge in [0.25, 0.3) is 11.8 Å². The van der Waals surface area contributed by atoms with Crippen LogP contribution < -0.4 is 15.4 Å². The van der Waals surface area contributed by atoms with Gasteiger partial charge in [-0.25, -0.2) is 9.37 Å². The van der Waals surface area contributed by atoms with Gasteiger partial charge in [-0.05, 0) is 30.3 Å². The zero-order valence-electron chi connectivity index (χ0n) is 21.8. The smallest absolute Gasteiger partial charge is 0.291 e. The molecular weight excluding hydrogens is 546 g/mol. The molecule has 0 bridgehead atoms. The van der Waals surface area contributed by atoms with Crippen LogP contribution in [0.15, 0.2) is 36.5 Å². The van der Waals surface area contributed by atoms with E-state index in [1.165, 1.54) is 49.2 Å². The highest BCUT2D eigenvalue weighted by Crippen LogP contribution is 2.30. The van der Waals surface area contributed by atoms with E-state index in [0.29, 0.717) is 45.0 Å². The number of hydrogen-bond acceptors (Lipinski definition) is 6. The van der Waals surface area contributed by atoms with Crippen molar-refractivity contribution in [1.82, 2.24) is 24.7 Å². The molecule has 2 aliphatic rings. The Labute approximate surface area is 233 Å². The van der Waals surface area contributed by atoms with Crippen LogP contribution in [-0.4, -0.2) is 83.5 Å². The number of hydrogen-bond donors (Lipinski definition) is 2. The molecule has 13 heteroatoms. The van der Waals surface area contributed by atoms with Crippen LogP contribution >= 0.6 is 11.6 Å². The van der Waals surface area contributed by atoms with Gasteiger partial charge in [0.05, 0.1) is 35.5 Å².